The van der Waals surface area contributed by atoms with Gasteiger partial charge in [-0.2, -0.15) is 0 Å². The molecule has 9 nitrogen and oxygen atoms in total. The van der Waals surface area contributed by atoms with E-state index in [1.165, 1.54) is 29.1 Å². The molecule has 0 atom stereocenters. The first-order chi connectivity index (χ1) is 17.3. The number of methoxy groups -OCH3 is 1. The lowest BCUT2D eigenvalue weighted by molar-refractivity contribution is -0.116. The number of amides is 1. The first-order valence-corrected chi connectivity index (χ1v) is 12.0. The Morgan fingerprint density at radius 3 is 2.39 bits per heavy atom. The van der Waals surface area contributed by atoms with Gasteiger partial charge in [0.15, 0.2) is 0 Å². The van der Waals surface area contributed by atoms with Gasteiger partial charge in [-0.25, -0.2) is 14.2 Å². The van der Waals surface area contributed by atoms with Gasteiger partial charge in [0.1, 0.15) is 17.1 Å². The second-order valence-corrected chi connectivity index (χ2v) is 9.19. The minimum Gasteiger partial charge on any atom is -0.494 e. The number of thiophene rings is 1. The molecule has 0 unspecified atom stereocenters. The average Bonchev–Trinajstić information content (AvgIpc) is 3.17. The van der Waals surface area contributed by atoms with Gasteiger partial charge < -0.3 is 14.8 Å². The lowest BCUT2D eigenvalue weighted by atomic mass is 10.2. The van der Waals surface area contributed by atoms with Crippen molar-refractivity contribution in [3.8, 4) is 11.4 Å². The molecule has 1 N–H and O–H groups in total. The highest BCUT2D eigenvalue weighted by molar-refractivity contribution is 7.18. The van der Waals surface area contributed by atoms with Crippen LogP contribution in [0.2, 0.25) is 0 Å². The monoisotopic (exact) mass is 507 g/mol. The molecule has 10 heteroatoms. The second-order valence-electron chi connectivity index (χ2n) is 7.98. The molecule has 0 saturated carbocycles. The SMILES string of the molecule is CCOc1ccc(-n2c(=O)c3c(C)c(C)sc3n(CC(=O)Nc3ccccc3C(=O)OC)c2=O)cc1. The van der Waals surface area contributed by atoms with Crippen LogP contribution in [0.1, 0.15) is 27.7 Å². The topological polar surface area (TPSA) is 109 Å². The van der Waals surface area contributed by atoms with Gasteiger partial charge in [-0.05, 0) is 62.7 Å². The third-order valence-electron chi connectivity index (χ3n) is 5.77. The number of para-hydroxylation sites is 1. The Morgan fingerprint density at radius 1 is 1.03 bits per heavy atom. The van der Waals surface area contributed by atoms with Gasteiger partial charge in [0.25, 0.3) is 5.56 Å². The van der Waals surface area contributed by atoms with Crippen molar-refractivity contribution in [1.82, 2.24) is 9.13 Å². The third-order valence-corrected chi connectivity index (χ3v) is 7.00. The Balaban J connectivity index is 1.81. The minimum absolute atomic E-state index is 0.188. The maximum atomic E-state index is 13.6. The predicted octanol–water partition coefficient (Wildman–Crippen LogP) is 3.65. The number of benzene rings is 2. The molecular weight excluding hydrogens is 482 g/mol. The highest BCUT2D eigenvalue weighted by Crippen LogP contribution is 2.27. The van der Waals surface area contributed by atoms with E-state index in [1.54, 1.807) is 42.5 Å². The Labute approximate surface area is 210 Å². The van der Waals surface area contributed by atoms with E-state index in [4.69, 9.17) is 9.47 Å². The van der Waals surface area contributed by atoms with Gasteiger partial charge in [0.05, 0.1) is 36.0 Å². The number of nitrogens with one attached hydrogen (secondary N) is 1. The van der Waals surface area contributed by atoms with Crippen molar-refractivity contribution >= 4 is 39.1 Å². The number of rotatable bonds is 7. The van der Waals surface area contributed by atoms with Gasteiger partial charge in [-0.15, -0.1) is 11.3 Å². The number of carbonyl (C=O) groups is 2. The van der Waals surface area contributed by atoms with Crippen molar-refractivity contribution in [2.24, 2.45) is 0 Å². The van der Waals surface area contributed by atoms with E-state index in [-0.39, 0.29) is 17.8 Å². The molecule has 0 spiro atoms. The zero-order valence-corrected chi connectivity index (χ0v) is 21.1. The Hall–Kier alpha value is -4.18. The summed E-state index contributed by atoms with van der Waals surface area (Å²) in [6, 6.07) is 13.1. The number of nitrogens with zero attached hydrogens (tertiary/aromatic N) is 2. The van der Waals surface area contributed by atoms with Crippen molar-refractivity contribution in [2.45, 2.75) is 27.3 Å². The number of carbonyl (C=O) groups excluding carboxylic acids is 2. The standard InChI is InChI=1S/C26H25N3O6S/c1-5-35-18-12-10-17(11-13-18)29-23(31)22-15(2)16(3)36-24(22)28(26(29)33)14-21(30)27-20-9-7-6-8-19(20)25(32)34-4/h6-13H,5,14H2,1-4H3,(H,27,30). The molecule has 0 fully saturated rings. The number of ether oxygens (including phenoxy) is 2. The zero-order valence-electron chi connectivity index (χ0n) is 20.3. The summed E-state index contributed by atoms with van der Waals surface area (Å²) in [6.45, 7) is 5.67. The number of fused-ring (bicyclic) bond motifs is 1. The van der Waals surface area contributed by atoms with Crippen LogP contribution in [0.4, 0.5) is 5.69 Å². The van der Waals surface area contributed by atoms with Crippen LogP contribution < -0.4 is 21.3 Å². The first-order valence-electron chi connectivity index (χ1n) is 11.2. The lowest BCUT2D eigenvalue weighted by Crippen LogP contribution is -2.40. The van der Waals surface area contributed by atoms with Gasteiger partial charge in [0.2, 0.25) is 5.91 Å². The zero-order chi connectivity index (χ0) is 26.0. The van der Waals surface area contributed by atoms with E-state index in [1.807, 2.05) is 20.8 Å². The van der Waals surface area contributed by atoms with Crippen LogP contribution in [-0.4, -0.2) is 34.7 Å². The van der Waals surface area contributed by atoms with Gasteiger partial charge in [-0.1, -0.05) is 12.1 Å². The molecule has 0 aliphatic carbocycles. The Morgan fingerprint density at radius 2 is 1.72 bits per heavy atom. The van der Waals surface area contributed by atoms with E-state index in [0.29, 0.717) is 28.3 Å². The average molecular weight is 508 g/mol. The van der Waals surface area contributed by atoms with Crippen LogP contribution in [-0.2, 0) is 16.1 Å². The van der Waals surface area contributed by atoms with Gasteiger partial charge in [0, 0.05) is 4.88 Å². The quantitative estimate of drug-likeness (QED) is 0.383. The number of aromatic nitrogens is 2. The largest absolute Gasteiger partial charge is 0.494 e. The van der Waals surface area contributed by atoms with E-state index in [9.17, 15) is 19.2 Å². The fourth-order valence-corrected chi connectivity index (χ4v) is 5.04. The summed E-state index contributed by atoms with van der Waals surface area (Å²) in [4.78, 5) is 53.5. The number of anilines is 1. The normalized spacial score (nSPS) is 10.9. The predicted molar refractivity (Wildman–Crippen MR) is 139 cm³/mol. The smallest absolute Gasteiger partial charge is 0.339 e. The number of esters is 1. The summed E-state index contributed by atoms with van der Waals surface area (Å²) in [5.74, 6) is -0.517. The molecule has 36 heavy (non-hydrogen) atoms. The molecule has 0 aliphatic rings. The van der Waals surface area contributed by atoms with Crippen molar-refractivity contribution in [2.75, 3.05) is 19.0 Å². The molecule has 0 saturated heterocycles. The fourth-order valence-electron chi connectivity index (χ4n) is 3.90. The summed E-state index contributed by atoms with van der Waals surface area (Å²) < 4.78 is 12.6. The van der Waals surface area contributed by atoms with Crippen LogP contribution >= 0.6 is 11.3 Å². The van der Waals surface area contributed by atoms with Crippen LogP contribution in [0.5, 0.6) is 5.75 Å². The molecule has 2 heterocycles. The molecule has 0 radical (unpaired) electrons. The summed E-state index contributed by atoms with van der Waals surface area (Å²) in [5.41, 5.74) is 0.474. The molecule has 2 aromatic carbocycles. The summed E-state index contributed by atoms with van der Waals surface area (Å²) in [7, 11) is 1.25. The van der Waals surface area contributed by atoms with Crippen LogP contribution in [0, 0.1) is 13.8 Å². The number of hydrogen-bond donors (Lipinski definition) is 1. The Bertz CT molecular complexity index is 1580. The van der Waals surface area contributed by atoms with Crippen LogP contribution in [0.25, 0.3) is 15.9 Å². The maximum absolute atomic E-state index is 13.6. The van der Waals surface area contributed by atoms with Crippen molar-refractivity contribution in [1.29, 1.82) is 0 Å². The molecule has 4 rings (SSSR count). The highest BCUT2D eigenvalue weighted by Gasteiger charge is 2.22. The first kappa shape index (κ1) is 24.9. The fraction of sp³-hybridized carbons (Fsp3) is 0.231. The molecule has 186 valence electrons. The Kier molecular flexibility index (Phi) is 7.07. The van der Waals surface area contributed by atoms with Gasteiger partial charge in [-0.3, -0.25) is 14.2 Å². The van der Waals surface area contributed by atoms with Crippen molar-refractivity contribution < 1.29 is 19.1 Å². The number of aryl methyl sites for hydroxylation is 2. The molecule has 0 aliphatic heterocycles. The summed E-state index contributed by atoms with van der Waals surface area (Å²) in [6.07, 6.45) is 0. The van der Waals surface area contributed by atoms with Crippen LogP contribution in [0.15, 0.2) is 58.1 Å². The van der Waals surface area contributed by atoms with Crippen molar-refractivity contribution in [3.63, 3.8) is 0 Å². The lowest BCUT2D eigenvalue weighted by Gasteiger charge is -2.14. The van der Waals surface area contributed by atoms with Crippen molar-refractivity contribution in [3.05, 3.63) is 85.4 Å². The summed E-state index contributed by atoms with van der Waals surface area (Å²) in [5, 5.41) is 3.07. The molecule has 0 bridgehead atoms. The van der Waals surface area contributed by atoms with E-state index in [0.717, 1.165) is 15.0 Å². The second kappa shape index (κ2) is 10.2. The highest BCUT2D eigenvalue weighted by atomic mass is 32.1. The third kappa shape index (κ3) is 4.55. The van der Waals surface area contributed by atoms with E-state index >= 15 is 0 Å². The molecular formula is C26H25N3O6S. The van der Waals surface area contributed by atoms with E-state index < -0.39 is 23.1 Å². The van der Waals surface area contributed by atoms with Gasteiger partial charge >= 0.3 is 11.7 Å². The molecule has 1 amide bonds. The van der Waals surface area contributed by atoms with E-state index in [2.05, 4.69) is 5.32 Å². The molecule has 4 aromatic rings. The van der Waals surface area contributed by atoms with Crippen LogP contribution in [0.3, 0.4) is 0 Å². The molecule has 2 aromatic heterocycles. The number of hydrogen-bond acceptors (Lipinski definition) is 7. The maximum Gasteiger partial charge on any atom is 0.339 e. The summed E-state index contributed by atoms with van der Waals surface area (Å²) >= 11 is 1.28. The minimum atomic E-state index is -0.644.